The molecule has 1 rings (SSSR count). The molecule has 0 saturated carbocycles. The second-order valence-corrected chi connectivity index (χ2v) is 5.02. The van der Waals surface area contributed by atoms with E-state index in [1.54, 1.807) is 6.92 Å². The number of carbonyl (C=O) groups is 1. The zero-order valence-corrected chi connectivity index (χ0v) is 11.8. The Bertz CT molecular complexity index is 384. The van der Waals surface area contributed by atoms with E-state index in [4.69, 9.17) is 9.47 Å². The van der Waals surface area contributed by atoms with E-state index in [-0.39, 0.29) is 18.2 Å². The highest BCUT2D eigenvalue weighted by Crippen LogP contribution is 2.28. The first-order valence-corrected chi connectivity index (χ1v) is 6.30. The highest BCUT2D eigenvalue weighted by Gasteiger charge is 2.39. The van der Waals surface area contributed by atoms with Gasteiger partial charge in [-0.25, -0.2) is 4.79 Å². The number of carbonyl (C=O) groups excluding carboxylic acids is 1. The van der Waals surface area contributed by atoms with Crippen LogP contribution < -0.4 is 0 Å². The Morgan fingerprint density at radius 1 is 1.06 bits per heavy atom. The molecule has 0 aliphatic carbocycles. The van der Waals surface area contributed by atoms with E-state index in [1.807, 2.05) is 58.0 Å². The summed E-state index contributed by atoms with van der Waals surface area (Å²) < 4.78 is 11.1. The molecule has 3 nitrogen and oxygen atoms in total. The van der Waals surface area contributed by atoms with Gasteiger partial charge >= 0.3 is 5.97 Å². The lowest BCUT2D eigenvalue weighted by Crippen LogP contribution is -2.40. The number of ether oxygens (including phenoxy) is 2. The standard InChI is InChI=1S/C15H22O3/c1-11(2)17-14(16)15(5,18-12(3)4)13-9-7-6-8-10-13/h6-12H,1-5H3. The van der Waals surface area contributed by atoms with Crippen LogP contribution in [0.15, 0.2) is 30.3 Å². The number of rotatable bonds is 5. The highest BCUT2D eigenvalue weighted by molar-refractivity contribution is 5.81. The van der Waals surface area contributed by atoms with Gasteiger partial charge in [-0.15, -0.1) is 0 Å². The van der Waals surface area contributed by atoms with E-state index >= 15 is 0 Å². The molecule has 0 saturated heterocycles. The minimum atomic E-state index is -1.06. The van der Waals surface area contributed by atoms with E-state index < -0.39 is 5.60 Å². The first-order valence-electron chi connectivity index (χ1n) is 6.30. The summed E-state index contributed by atoms with van der Waals surface area (Å²) >= 11 is 0. The number of hydrogen-bond donors (Lipinski definition) is 0. The summed E-state index contributed by atoms with van der Waals surface area (Å²) in [7, 11) is 0. The quantitative estimate of drug-likeness (QED) is 0.752. The van der Waals surface area contributed by atoms with E-state index in [1.165, 1.54) is 0 Å². The third kappa shape index (κ3) is 3.57. The smallest absolute Gasteiger partial charge is 0.343 e. The molecule has 18 heavy (non-hydrogen) atoms. The van der Waals surface area contributed by atoms with Crippen LogP contribution in [0, 0.1) is 0 Å². The lowest BCUT2D eigenvalue weighted by Gasteiger charge is -2.31. The Morgan fingerprint density at radius 3 is 2.06 bits per heavy atom. The van der Waals surface area contributed by atoms with Crippen LogP contribution in [-0.4, -0.2) is 18.2 Å². The van der Waals surface area contributed by atoms with Crippen LogP contribution in [0.25, 0.3) is 0 Å². The summed E-state index contributed by atoms with van der Waals surface area (Å²) in [5, 5.41) is 0. The number of esters is 1. The average Bonchev–Trinajstić information content (AvgIpc) is 2.28. The first-order chi connectivity index (χ1) is 8.36. The van der Waals surface area contributed by atoms with E-state index in [2.05, 4.69) is 0 Å². The lowest BCUT2D eigenvalue weighted by atomic mass is 9.95. The van der Waals surface area contributed by atoms with Gasteiger partial charge in [0, 0.05) is 0 Å². The molecular weight excluding hydrogens is 228 g/mol. The summed E-state index contributed by atoms with van der Waals surface area (Å²) in [6.07, 6.45) is -0.216. The van der Waals surface area contributed by atoms with Crippen LogP contribution in [-0.2, 0) is 19.9 Å². The predicted octanol–water partition coefficient (Wildman–Crippen LogP) is 3.28. The fraction of sp³-hybridized carbons (Fsp3) is 0.533. The van der Waals surface area contributed by atoms with Gasteiger partial charge in [-0.1, -0.05) is 30.3 Å². The summed E-state index contributed by atoms with van der Waals surface area (Å²) in [6.45, 7) is 9.23. The Balaban J connectivity index is 3.06. The summed E-state index contributed by atoms with van der Waals surface area (Å²) in [4.78, 5) is 12.3. The first kappa shape index (κ1) is 14.7. The van der Waals surface area contributed by atoms with Gasteiger partial charge in [-0.2, -0.15) is 0 Å². The van der Waals surface area contributed by atoms with Crippen LogP contribution in [0.2, 0.25) is 0 Å². The van der Waals surface area contributed by atoms with Crippen molar-refractivity contribution in [2.24, 2.45) is 0 Å². The molecule has 0 aliphatic rings. The van der Waals surface area contributed by atoms with E-state index in [9.17, 15) is 4.79 Å². The van der Waals surface area contributed by atoms with Crippen molar-refractivity contribution in [3.05, 3.63) is 35.9 Å². The van der Waals surface area contributed by atoms with Crippen LogP contribution in [0.4, 0.5) is 0 Å². The van der Waals surface area contributed by atoms with Crippen molar-refractivity contribution in [2.45, 2.75) is 52.4 Å². The minimum absolute atomic E-state index is 0.0603. The van der Waals surface area contributed by atoms with Gasteiger partial charge in [-0.3, -0.25) is 0 Å². The zero-order valence-electron chi connectivity index (χ0n) is 11.8. The van der Waals surface area contributed by atoms with Crippen LogP contribution >= 0.6 is 0 Å². The minimum Gasteiger partial charge on any atom is -0.461 e. The van der Waals surface area contributed by atoms with Crippen molar-refractivity contribution in [3.8, 4) is 0 Å². The van der Waals surface area contributed by atoms with Crippen molar-refractivity contribution in [3.63, 3.8) is 0 Å². The molecule has 1 unspecified atom stereocenters. The second kappa shape index (κ2) is 6.01. The summed E-state index contributed by atoms with van der Waals surface area (Å²) in [6, 6.07) is 9.45. The van der Waals surface area contributed by atoms with E-state index in [0.29, 0.717) is 0 Å². The molecule has 0 heterocycles. The molecule has 0 bridgehead atoms. The highest BCUT2D eigenvalue weighted by atomic mass is 16.6. The van der Waals surface area contributed by atoms with Gasteiger partial charge in [0.05, 0.1) is 12.2 Å². The maximum absolute atomic E-state index is 12.3. The van der Waals surface area contributed by atoms with Crippen molar-refractivity contribution >= 4 is 5.97 Å². The third-order valence-electron chi connectivity index (χ3n) is 2.53. The normalized spacial score (nSPS) is 14.6. The van der Waals surface area contributed by atoms with Gasteiger partial charge in [0.25, 0.3) is 0 Å². The molecule has 1 aromatic rings. The topological polar surface area (TPSA) is 35.5 Å². The molecule has 0 radical (unpaired) electrons. The molecule has 0 aromatic heterocycles. The zero-order chi connectivity index (χ0) is 13.8. The van der Waals surface area contributed by atoms with Gasteiger partial charge in [0.15, 0.2) is 5.60 Å². The van der Waals surface area contributed by atoms with Gasteiger partial charge in [0.2, 0.25) is 0 Å². The molecule has 0 spiro atoms. The van der Waals surface area contributed by atoms with Crippen molar-refractivity contribution in [2.75, 3.05) is 0 Å². The molecule has 0 fully saturated rings. The SMILES string of the molecule is CC(C)OC(=O)C(C)(OC(C)C)c1ccccc1. The molecule has 3 heteroatoms. The molecule has 100 valence electrons. The molecule has 0 N–H and O–H groups in total. The molecular formula is C15H22O3. The predicted molar refractivity (Wildman–Crippen MR) is 71.2 cm³/mol. The second-order valence-electron chi connectivity index (χ2n) is 5.02. The molecule has 1 aromatic carbocycles. The molecule has 1 atom stereocenters. The van der Waals surface area contributed by atoms with Gasteiger partial charge < -0.3 is 9.47 Å². The van der Waals surface area contributed by atoms with Gasteiger partial charge in [-0.05, 0) is 40.2 Å². The molecule has 0 amide bonds. The van der Waals surface area contributed by atoms with Crippen LogP contribution in [0.5, 0.6) is 0 Å². The Kier molecular flexibility index (Phi) is 4.91. The molecule has 0 aliphatic heterocycles. The summed E-state index contributed by atoms with van der Waals surface area (Å²) in [5.41, 5.74) is -0.246. The number of hydrogen-bond acceptors (Lipinski definition) is 3. The Morgan fingerprint density at radius 2 is 1.61 bits per heavy atom. The van der Waals surface area contributed by atoms with Gasteiger partial charge in [0.1, 0.15) is 0 Å². The monoisotopic (exact) mass is 250 g/mol. The van der Waals surface area contributed by atoms with Crippen LogP contribution in [0.1, 0.15) is 40.2 Å². The maximum Gasteiger partial charge on any atom is 0.343 e. The Labute approximate surface area is 109 Å². The fourth-order valence-electron chi connectivity index (χ4n) is 1.79. The third-order valence-corrected chi connectivity index (χ3v) is 2.53. The maximum atomic E-state index is 12.3. The van der Waals surface area contributed by atoms with Crippen molar-refractivity contribution < 1.29 is 14.3 Å². The summed E-state index contributed by atoms with van der Waals surface area (Å²) in [5.74, 6) is -0.350. The van der Waals surface area contributed by atoms with Crippen LogP contribution in [0.3, 0.4) is 0 Å². The van der Waals surface area contributed by atoms with Crippen molar-refractivity contribution in [1.82, 2.24) is 0 Å². The lowest BCUT2D eigenvalue weighted by molar-refractivity contribution is -0.181. The fourth-order valence-corrected chi connectivity index (χ4v) is 1.79. The number of benzene rings is 1. The van der Waals surface area contributed by atoms with E-state index in [0.717, 1.165) is 5.56 Å². The average molecular weight is 250 g/mol. The Hall–Kier alpha value is -1.35. The van der Waals surface area contributed by atoms with Crippen molar-refractivity contribution in [1.29, 1.82) is 0 Å². The largest absolute Gasteiger partial charge is 0.461 e.